The Kier molecular flexibility index (Phi) is 2.54. The smallest absolute Gasteiger partial charge is 0.323 e. The number of hydrogen-bond donors (Lipinski definition) is 0. The number of fused-ring (bicyclic) bond motifs is 1. The van der Waals surface area contributed by atoms with Crippen molar-refractivity contribution in [3.8, 4) is 0 Å². The highest BCUT2D eigenvalue weighted by atomic mass is 19.1. The average molecular weight is 199 g/mol. The van der Waals surface area contributed by atoms with E-state index in [1.807, 2.05) is 4.90 Å². The van der Waals surface area contributed by atoms with E-state index in [0.717, 1.165) is 12.8 Å². The van der Waals surface area contributed by atoms with Crippen LogP contribution < -0.4 is 0 Å². The Bertz CT molecular complexity index is 277. The van der Waals surface area contributed by atoms with Gasteiger partial charge in [-0.3, -0.25) is 9.69 Å². The van der Waals surface area contributed by atoms with Crippen molar-refractivity contribution in [2.24, 2.45) is 0 Å². The minimum Gasteiger partial charge on any atom is -0.468 e. The predicted molar refractivity (Wildman–Crippen MR) is 49.3 cm³/mol. The molecule has 0 radical (unpaired) electrons. The highest BCUT2D eigenvalue weighted by Gasteiger charge is 2.39. The first kappa shape index (κ1) is 9.65. The third-order valence-electron chi connectivity index (χ3n) is 3.02. The van der Waals surface area contributed by atoms with Crippen LogP contribution in [0.25, 0.3) is 0 Å². The fourth-order valence-electron chi connectivity index (χ4n) is 2.31. The highest BCUT2D eigenvalue weighted by Crippen LogP contribution is 2.31. The normalized spacial score (nSPS) is 32.3. The second-order valence-electron chi connectivity index (χ2n) is 3.79. The summed E-state index contributed by atoms with van der Waals surface area (Å²) in [6.07, 6.45) is 3.69. The lowest BCUT2D eigenvalue weighted by Crippen LogP contribution is -2.42. The lowest BCUT2D eigenvalue weighted by atomic mass is 10.1. The summed E-state index contributed by atoms with van der Waals surface area (Å²) < 4.78 is 17.7. The van der Waals surface area contributed by atoms with Gasteiger partial charge in [-0.15, -0.1) is 0 Å². The van der Waals surface area contributed by atoms with Crippen molar-refractivity contribution >= 4 is 5.97 Å². The molecule has 2 heterocycles. The fourth-order valence-corrected chi connectivity index (χ4v) is 2.31. The molecule has 0 amide bonds. The summed E-state index contributed by atoms with van der Waals surface area (Å²) >= 11 is 0. The molecule has 1 saturated heterocycles. The maximum absolute atomic E-state index is 13.0. The van der Waals surface area contributed by atoms with Gasteiger partial charge in [-0.1, -0.05) is 0 Å². The molecule has 4 heteroatoms. The van der Waals surface area contributed by atoms with Gasteiger partial charge in [0.05, 0.1) is 12.9 Å². The lowest BCUT2D eigenvalue weighted by Gasteiger charge is -2.29. The molecule has 0 aromatic heterocycles. The summed E-state index contributed by atoms with van der Waals surface area (Å²) in [5.74, 6) is -0.236. The summed E-state index contributed by atoms with van der Waals surface area (Å²) in [7, 11) is 1.40. The summed E-state index contributed by atoms with van der Waals surface area (Å²) in [5, 5.41) is 0. The van der Waals surface area contributed by atoms with Crippen molar-refractivity contribution in [3.05, 3.63) is 11.9 Å². The number of methoxy groups -OCH3 is 1. The van der Waals surface area contributed by atoms with Gasteiger partial charge in [0.15, 0.2) is 0 Å². The van der Waals surface area contributed by atoms with Crippen LogP contribution in [0.1, 0.15) is 19.3 Å². The topological polar surface area (TPSA) is 29.5 Å². The van der Waals surface area contributed by atoms with Gasteiger partial charge in [-0.25, -0.2) is 4.39 Å². The minimum atomic E-state index is -0.191. The molecule has 0 aliphatic carbocycles. The molecule has 1 unspecified atom stereocenters. The van der Waals surface area contributed by atoms with Gasteiger partial charge in [0.2, 0.25) is 0 Å². The quantitative estimate of drug-likeness (QED) is 0.595. The standard InChI is InChI=1S/C10H14FNO2/c1-14-10(13)9-3-2-8-6-7(11)4-5-12(8)9/h6,8-9H,2-5H2,1H3/t8?,9-/m0/s1. The van der Waals surface area contributed by atoms with Crippen LogP contribution in [-0.4, -0.2) is 36.6 Å². The van der Waals surface area contributed by atoms with Gasteiger partial charge in [0, 0.05) is 19.0 Å². The average Bonchev–Trinajstić information content (AvgIpc) is 2.59. The zero-order chi connectivity index (χ0) is 10.1. The van der Waals surface area contributed by atoms with Crippen LogP contribution in [-0.2, 0) is 9.53 Å². The molecule has 0 spiro atoms. The summed E-state index contributed by atoms with van der Waals surface area (Å²) in [6, 6.07) is -0.0535. The Morgan fingerprint density at radius 2 is 2.43 bits per heavy atom. The van der Waals surface area contributed by atoms with Gasteiger partial charge in [-0.2, -0.15) is 0 Å². The molecular formula is C10H14FNO2. The van der Waals surface area contributed by atoms with Crippen LogP contribution in [0.3, 0.4) is 0 Å². The van der Waals surface area contributed by atoms with E-state index in [2.05, 4.69) is 0 Å². The van der Waals surface area contributed by atoms with Crippen LogP contribution in [0.2, 0.25) is 0 Å². The van der Waals surface area contributed by atoms with Gasteiger partial charge in [0.1, 0.15) is 6.04 Å². The van der Waals surface area contributed by atoms with Crippen LogP contribution in [0, 0.1) is 0 Å². The number of ether oxygens (including phenoxy) is 1. The molecular weight excluding hydrogens is 185 g/mol. The van der Waals surface area contributed by atoms with Crippen molar-refractivity contribution in [2.75, 3.05) is 13.7 Å². The monoisotopic (exact) mass is 199 g/mol. The number of nitrogens with zero attached hydrogens (tertiary/aromatic N) is 1. The second-order valence-corrected chi connectivity index (χ2v) is 3.79. The molecule has 1 fully saturated rings. The molecule has 14 heavy (non-hydrogen) atoms. The largest absolute Gasteiger partial charge is 0.468 e. The molecule has 78 valence electrons. The van der Waals surface area contributed by atoms with E-state index in [1.165, 1.54) is 7.11 Å². The summed E-state index contributed by atoms with van der Waals surface area (Å²) in [4.78, 5) is 13.4. The summed E-state index contributed by atoms with van der Waals surface area (Å²) in [5.41, 5.74) is 0. The highest BCUT2D eigenvalue weighted by molar-refractivity contribution is 5.76. The van der Waals surface area contributed by atoms with Crippen molar-refractivity contribution in [2.45, 2.75) is 31.3 Å². The Balaban J connectivity index is 2.10. The van der Waals surface area contributed by atoms with E-state index in [9.17, 15) is 9.18 Å². The number of carbonyl (C=O) groups is 1. The van der Waals surface area contributed by atoms with Gasteiger partial charge in [-0.05, 0) is 18.9 Å². The van der Waals surface area contributed by atoms with Gasteiger partial charge >= 0.3 is 5.97 Å². The Morgan fingerprint density at radius 1 is 1.64 bits per heavy atom. The Hall–Kier alpha value is -0.900. The first-order valence-corrected chi connectivity index (χ1v) is 4.92. The van der Waals surface area contributed by atoms with Crippen molar-refractivity contribution in [1.82, 2.24) is 4.90 Å². The fraction of sp³-hybridized carbons (Fsp3) is 0.700. The first-order chi connectivity index (χ1) is 6.72. The van der Waals surface area contributed by atoms with Gasteiger partial charge in [0.25, 0.3) is 0 Å². The molecule has 2 rings (SSSR count). The SMILES string of the molecule is COC(=O)[C@@H]1CCC2C=C(F)CCN21. The molecule has 2 aliphatic heterocycles. The second kappa shape index (κ2) is 3.69. The van der Waals surface area contributed by atoms with Crippen molar-refractivity contribution in [1.29, 1.82) is 0 Å². The first-order valence-electron chi connectivity index (χ1n) is 4.92. The maximum atomic E-state index is 13.0. The van der Waals surface area contributed by atoms with E-state index in [-0.39, 0.29) is 23.9 Å². The number of esters is 1. The zero-order valence-electron chi connectivity index (χ0n) is 8.20. The molecule has 2 aliphatic rings. The van der Waals surface area contributed by atoms with E-state index < -0.39 is 0 Å². The number of halogens is 1. The molecule has 0 aromatic rings. The minimum absolute atomic E-state index is 0.0447. The summed E-state index contributed by atoms with van der Waals surface area (Å²) in [6.45, 7) is 0.632. The van der Waals surface area contributed by atoms with Crippen LogP contribution in [0.4, 0.5) is 4.39 Å². The van der Waals surface area contributed by atoms with E-state index in [4.69, 9.17) is 4.74 Å². The molecule has 0 aromatic carbocycles. The number of carbonyl (C=O) groups excluding carboxylic acids is 1. The number of rotatable bonds is 1. The Labute approximate surface area is 82.5 Å². The van der Waals surface area contributed by atoms with Gasteiger partial charge < -0.3 is 4.74 Å². The molecule has 3 nitrogen and oxygen atoms in total. The van der Waals surface area contributed by atoms with Crippen LogP contribution in [0.15, 0.2) is 11.9 Å². The van der Waals surface area contributed by atoms with Crippen molar-refractivity contribution in [3.63, 3.8) is 0 Å². The molecule has 0 N–H and O–H groups in total. The van der Waals surface area contributed by atoms with E-state index in [0.29, 0.717) is 13.0 Å². The maximum Gasteiger partial charge on any atom is 0.323 e. The van der Waals surface area contributed by atoms with Crippen LogP contribution >= 0.6 is 0 Å². The third-order valence-corrected chi connectivity index (χ3v) is 3.02. The zero-order valence-corrected chi connectivity index (χ0v) is 8.20. The van der Waals surface area contributed by atoms with Crippen molar-refractivity contribution < 1.29 is 13.9 Å². The molecule has 0 bridgehead atoms. The third kappa shape index (κ3) is 1.54. The van der Waals surface area contributed by atoms with Crippen LogP contribution in [0.5, 0.6) is 0 Å². The van der Waals surface area contributed by atoms with E-state index >= 15 is 0 Å². The lowest BCUT2D eigenvalue weighted by molar-refractivity contribution is -0.146. The predicted octanol–water partition coefficient (Wildman–Crippen LogP) is 1.25. The molecule has 2 atom stereocenters. The number of hydrogen-bond acceptors (Lipinski definition) is 3. The van der Waals surface area contributed by atoms with E-state index in [1.54, 1.807) is 6.08 Å². The molecule has 0 saturated carbocycles. The Morgan fingerprint density at radius 3 is 3.14 bits per heavy atom.